The molecule has 0 aliphatic rings. The zero-order valence-corrected chi connectivity index (χ0v) is 8.46. The second kappa shape index (κ2) is 4.41. The second-order valence-electron chi connectivity index (χ2n) is 3.27. The molecule has 1 heterocycles. The number of rotatable bonds is 2. The average molecular weight is 211 g/mol. The van der Waals surface area contributed by atoms with Crippen LogP contribution in [0.15, 0.2) is 36.5 Å². The van der Waals surface area contributed by atoms with Crippen molar-refractivity contribution in [2.75, 3.05) is 0 Å². The summed E-state index contributed by atoms with van der Waals surface area (Å²) in [7, 11) is 0. The van der Waals surface area contributed by atoms with Crippen LogP contribution in [0.4, 0.5) is 0 Å². The molecule has 0 aliphatic heterocycles. The van der Waals surface area contributed by atoms with Crippen molar-refractivity contribution in [2.45, 2.75) is 6.42 Å². The van der Waals surface area contributed by atoms with E-state index >= 15 is 0 Å². The van der Waals surface area contributed by atoms with Crippen molar-refractivity contribution in [3.05, 3.63) is 42.1 Å². The van der Waals surface area contributed by atoms with Gasteiger partial charge < -0.3 is 5.11 Å². The molecule has 1 aromatic heterocycles. The third-order valence-electron chi connectivity index (χ3n) is 2.14. The molecule has 4 nitrogen and oxygen atoms in total. The first kappa shape index (κ1) is 10.1. The molecule has 0 spiro atoms. The van der Waals surface area contributed by atoms with Crippen LogP contribution >= 0.6 is 0 Å². The molecule has 0 saturated carbocycles. The highest BCUT2D eigenvalue weighted by Gasteiger charge is 2.01. The van der Waals surface area contributed by atoms with Gasteiger partial charge in [0.2, 0.25) is 5.88 Å². The van der Waals surface area contributed by atoms with Gasteiger partial charge >= 0.3 is 0 Å². The van der Waals surface area contributed by atoms with Crippen LogP contribution in [0.1, 0.15) is 5.56 Å². The maximum absolute atomic E-state index is 9.22. The van der Waals surface area contributed by atoms with Crippen LogP contribution in [-0.4, -0.2) is 15.1 Å². The molecule has 0 radical (unpaired) electrons. The molecule has 1 aromatic carbocycles. The van der Waals surface area contributed by atoms with E-state index in [4.69, 9.17) is 5.26 Å². The summed E-state index contributed by atoms with van der Waals surface area (Å²) in [6.07, 6.45) is 1.89. The van der Waals surface area contributed by atoms with Gasteiger partial charge in [-0.25, -0.2) is 4.98 Å². The van der Waals surface area contributed by atoms with Gasteiger partial charge in [-0.1, -0.05) is 24.3 Å². The Bertz CT molecular complexity index is 529. The number of aromatic hydroxyl groups is 1. The van der Waals surface area contributed by atoms with Crippen molar-refractivity contribution in [3.63, 3.8) is 0 Å². The van der Waals surface area contributed by atoms with E-state index in [1.165, 1.54) is 12.3 Å². The Morgan fingerprint density at radius 1 is 1.19 bits per heavy atom. The minimum absolute atomic E-state index is 0.0499. The molecular formula is C12H9N3O. The maximum Gasteiger partial charge on any atom is 0.214 e. The Balaban J connectivity index is 2.32. The minimum atomic E-state index is -0.0499. The SMILES string of the molecule is N#CCc1ccc(-c2nccc(O)n2)cc1. The van der Waals surface area contributed by atoms with Gasteiger partial charge in [0.05, 0.1) is 12.5 Å². The molecule has 0 atom stereocenters. The monoisotopic (exact) mass is 211 g/mol. The van der Waals surface area contributed by atoms with Gasteiger partial charge in [0.15, 0.2) is 5.82 Å². The normalized spacial score (nSPS) is 9.69. The number of hydrogen-bond donors (Lipinski definition) is 1. The summed E-state index contributed by atoms with van der Waals surface area (Å²) in [5, 5.41) is 17.8. The number of aromatic nitrogens is 2. The molecular weight excluding hydrogens is 202 g/mol. The fourth-order valence-corrected chi connectivity index (χ4v) is 1.35. The van der Waals surface area contributed by atoms with Gasteiger partial charge in [0, 0.05) is 17.8 Å². The van der Waals surface area contributed by atoms with E-state index in [1.807, 2.05) is 24.3 Å². The average Bonchev–Trinajstić information content (AvgIpc) is 2.30. The molecule has 2 aromatic rings. The van der Waals surface area contributed by atoms with E-state index < -0.39 is 0 Å². The molecule has 0 unspecified atom stereocenters. The zero-order valence-electron chi connectivity index (χ0n) is 8.46. The Labute approximate surface area is 92.8 Å². The van der Waals surface area contributed by atoms with E-state index in [9.17, 15) is 5.11 Å². The lowest BCUT2D eigenvalue weighted by Gasteiger charge is -2.00. The van der Waals surface area contributed by atoms with Crippen LogP contribution < -0.4 is 0 Å². The molecule has 1 N–H and O–H groups in total. The molecule has 4 heteroatoms. The molecule has 2 rings (SSSR count). The van der Waals surface area contributed by atoms with Gasteiger partial charge in [-0.15, -0.1) is 0 Å². The Kier molecular flexibility index (Phi) is 2.79. The predicted molar refractivity (Wildman–Crippen MR) is 58.4 cm³/mol. The van der Waals surface area contributed by atoms with Crippen molar-refractivity contribution in [3.8, 4) is 23.3 Å². The van der Waals surface area contributed by atoms with E-state index in [1.54, 1.807) is 0 Å². The van der Waals surface area contributed by atoms with Crippen molar-refractivity contribution < 1.29 is 5.11 Å². The molecule has 16 heavy (non-hydrogen) atoms. The van der Waals surface area contributed by atoms with Gasteiger partial charge in [-0.3, -0.25) is 0 Å². The number of nitrogens with zero attached hydrogens (tertiary/aromatic N) is 3. The van der Waals surface area contributed by atoms with Crippen LogP contribution in [0, 0.1) is 11.3 Å². The van der Waals surface area contributed by atoms with E-state index in [-0.39, 0.29) is 5.88 Å². The lowest BCUT2D eigenvalue weighted by molar-refractivity contribution is 0.453. The Morgan fingerprint density at radius 2 is 1.94 bits per heavy atom. The fourth-order valence-electron chi connectivity index (χ4n) is 1.35. The van der Waals surface area contributed by atoms with Crippen LogP contribution in [0.3, 0.4) is 0 Å². The lowest BCUT2D eigenvalue weighted by Crippen LogP contribution is -1.88. The highest BCUT2D eigenvalue weighted by Crippen LogP contribution is 2.17. The van der Waals surface area contributed by atoms with Crippen molar-refractivity contribution in [1.29, 1.82) is 5.26 Å². The highest BCUT2D eigenvalue weighted by atomic mass is 16.3. The van der Waals surface area contributed by atoms with E-state index in [0.717, 1.165) is 11.1 Å². The summed E-state index contributed by atoms with van der Waals surface area (Å²) in [4.78, 5) is 7.95. The third kappa shape index (κ3) is 2.15. The summed E-state index contributed by atoms with van der Waals surface area (Å²) in [6, 6.07) is 10.9. The summed E-state index contributed by atoms with van der Waals surface area (Å²) in [5.41, 5.74) is 1.77. The van der Waals surface area contributed by atoms with E-state index in [0.29, 0.717) is 12.2 Å². The quantitative estimate of drug-likeness (QED) is 0.823. The molecule has 78 valence electrons. The minimum Gasteiger partial charge on any atom is -0.493 e. The number of hydrogen-bond acceptors (Lipinski definition) is 4. The summed E-state index contributed by atoms with van der Waals surface area (Å²) < 4.78 is 0. The summed E-state index contributed by atoms with van der Waals surface area (Å²) in [6.45, 7) is 0. The van der Waals surface area contributed by atoms with Crippen molar-refractivity contribution >= 4 is 0 Å². The smallest absolute Gasteiger partial charge is 0.214 e. The Morgan fingerprint density at radius 3 is 2.56 bits per heavy atom. The summed E-state index contributed by atoms with van der Waals surface area (Å²) in [5.74, 6) is 0.426. The van der Waals surface area contributed by atoms with Gasteiger partial charge in [0.25, 0.3) is 0 Å². The first-order valence-corrected chi connectivity index (χ1v) is 4.78. The first-order chi connectivity index (χ1) is 7.79. The molecule has 0 bridgehead atoms. The highest BCUT2D eigenvalue weighted by molar-refractivity contribution is 5.55. The predicted octanol–water partition coefficient (Wildman–Crippen LogP) is 1.92. The topological polar surface area (TPSA) is 69.8 Å². The van der Waals surface area contributed by atoms with Crippen LogP contribution in [-0.2, 0) is 6.42 Å². The van der Waals surface area contributed by atoms with Crippen LogP contribution in [0.2, 0.25) is 0 Å². The Hall–Kier alpha value is -2.41. The molecule has 0 amide bonds. The van der Waals surface area contributed by atoms with Crippen LogP contribution in [0.5, 0.6) is 5.88 Å². The van der Waals surface area contributed by atoms with Gasteiger partial charge in [0.1, 0.15) is 0 Å². The molecule has 0 aliphatic carbocycles. The largest absolute Gasteiger partial charge is 0.493 e. The van der Waals surface area contributed by atoms with Gasteiger partial charge in [-0.05, 0) is 5.56 Å². The third-order valence-corrected chi connectivity index (χ3v) is 2.14. The zero-order chi connectivity index (χ0) is 11.4. The molecule has 0 fully saturated rings. The maximum atomic E-state index is 9.22. The van der Waals surface area contributed by atoms with Crippen LogP contribution in [0.25, 0.3) is 11.4 Å². The molecule has 0 saturated heterocycles. The van der Waals surface area contributed by atoms with Gasteiger partial charge in [-0.2, -0.15) is 10.2 Å². The van der Waals surface area contributed by atoms with Crippen molar-refractivity contribution in [1.82, 2.24) is 9.97 Å². The van der Waals surface area contributed by atoms with E-state index in [2.05, 4.69) is 16.0 Å². The first-order valence-electron chi connectivity index (χ1n) is 4.78. The standard InChI is InChI=1S/C12H9N3O/c13-7-5-9-1-3-10(4-2-9)12-14-8-6-11(16)15-12/h1-4,6,8H,5H2,(H,14,15,16). The van der Waals surface area contributed by atoms with Crippen molar-refractivity contribution in [2.24, 2.45) is 0 Å². The summed E-state index contributed by atoms with van der Waals surface area (Å²) >= 11 is 0. The lowest BCUT2D eigenvalue weighted by atomic mass is 10.1. The number of nitriles is 1. The second-order valence-corrected chi connectivity index (χ2v) is 3.27. The fraction of sp³-hybridized carbons (Fsp3) is 0.0833. The number of benzene rings is 1.